The summed E-state index contributed by atoms with van der Waals surface area (Å²) in [6.45, 7) is 3.45. The first-order valence-corrected chi connectivity index (χ1v) is 13.0. The molecule has 2 aromatic carbocycles. The number of hydrogen-bond donors (Lipinski definition) is 0. The highest BCUT2D eigenvalue weighted by atomic mass is 19.4. The molecule has 0 bridgehead atoms. The van der Waals surface area contributed by atoms with Crippen LogP contribution in [0.1, 0.15) is 39.4 Å². The molecule has 2 saturated heterocycles. The Labute approximate surface area is 229 Å². The van der Waals surface area contributed by atoms with Gasteiger partial charge in [0.2, 0.25) is 5.91 Å². The van der Waals surface area contributed by atoms with Crippen molar-refractivity contribution in [2.24, 2.45) is 0 Å². The molecule has 2 heterocycles. The number of rotatable bonds is 5. The van der Waals surface area contributed by atoms with Crippen molar-refractivity contribution in [1.82, 2.24) is 19.6 Å². The number of carbonyl (C=O) groups is 2. The molecule has 2 amide bonds. The molecule has 0 N–H and O–H groups in total. The lowest BCUT2D eigenvalue weighted by Crippen LogP contribution is -2.57. The van der Waals surface area contributed by atoms with Crippen LogP contribution in [0.3, 0.4) is 0 Å². The number of alkyl halides is 6. The van der Waals surface area contributed by atoms with E-state index in [1.165, 1.54) is 4.90 Å². The maximum atomic E-state index is 13.4. The normalized spacial score (nSPS) is 21.4. The lowest BCUT2D eigenvalue weighted by atomic mass is 9.84. The second kappa shape index (κ2) is 11.8. The molecular weight excluding hydrogens is 538 g/mol. The topological polar surface area (TPSA) is 47.1 Å². The first-order chi connectivity index (χ1) is 18.7. The highest BCUT2D eigenvalue weighted by Gasteiger charge is 2.40. The van der Waals surface area contributed by atoms with E-state index in [-0.39, 0.29) is 37.0 Å². The van der Waals surface area contributed by atoms with E-state index in [0.717, 1.165) is 5.56 Å². The van der Waals surface area contributed by atoms with E-state index in [4.69, 9.17) is 0 Å². The molecular formula is C28H32F6N4O2. The number of piperazine rings is 1. The number of hydrogen-bond acceptors (Lipinski definition) is 4. The van der Waals surface area contributed by atoms with Gasteiger partial charge in [0.25, 0.3) is 5.91 Å². The average Bonchev–Trinajstić information content (AvgIpc) is 2.92. The Hall–Kier alpha value is -3.12. The fourth-order valence-corrected chi connectivity index (χ4v) is 5.44. The Morgan fingerprint density at radius 3 is 1.95 bits per heavy atom. The van der Waals surface area contributed by atoms with Gasteiger partial charge in [0.15, 0.2) is 0 Å². The predicted molar refractivity (Wildman–Crippen MR) is 137 cm³/mol. The number of likely N-dealkylation sites (N-methyl/N-ethyl adjacent to an activating group) is 1. The number of halogens is 6. The summed E-state index contributed by atoms with van der Waals surface area (Å²) >= 11 is 0. The van der Waals surface area contributed by atoms with Crippen LogP contribution in [0, 0.1) is 0 Å². The zero-order chi connectivity index (χ0) is 29.2. The standard InChI is InChI=1S/C28H32F6N4O2/c1-35(2)25(39)18-36-10-12-37(13-11-36)24-8-9-38(17-23(24)19-6-4-3-5-7-19)26(40)20-14-21(27(29,30)31)16-22(15-20)28(32,33)34/h3-7,14-16,23-24H,8-13,17-18H2,1-2H3. The summed E-state index contributed by atoms with van der Waals surface area (Å²) in [6.07, 6.45) is -9.56. The molecule has 12 heteroatoms. The van der Waals surface area contributed by atoms with E-state index in [1.807, 2.05) is 30.3 Å². The minimum atomic E-state index is -5.03. The SMILES string of the molecule is CN(C)C(=O)CN1CCN(C2CCN(C(=O)c3cc(C(F)(F)F)cc(C(F)(F)F)c3)CC2c2ccccc2)CC1. The zero-order valence-electron chi connectivity index (χ0n) is 22.3. The summed E-state index contributed by atoms with van der Waals surface area (Å²) in [6, 6.07) is 10.5. The van der Waals surface area contributed by atoms with Crippen molar-refractivity contribution in [3.05, 3.63) is 70.8 Å². The van der Waals surface area contributed by atoms with Crippen molar-refractivity contribution >= 4 is 11.8 Å². The van der Waals surface area contributed by atoms with E-state index < -0.39 is 35.0 Å². The molecule has 2 fully saturated rings. The van der Waals surface area contributed by atoms with Gasteiger partial charge in [0.05, 0.1) is 17.7 Å². The van der Waals surface area contributed by atoms with Gasteiger partial charge in [-0.3, -0.25) is 19.4 Å². The van der Waals surface area contributed by atoms with E-state index >= 15 is 0 Å². The van der Waals surface area contributed by atoms with Crippen LogP contribution in [0.25, 0.3) is 0 Å². The van der Waals surface area contributed by atoms with E-state index in [2.05, 4.69) is 9.80 Å². The molecule has 2 atom stereocenters. The number of benzene rings is 2. The van der Waals surface area contributed by atoms with Crippen LogP contribution in [0.15, 0.2) is 48.5 Å². The molecule has 40 heavy (non-hydrogen) atoms. The van der Waals surface area contributed by atoms with Crippen LogP contribution in [0.4, 0.5) is 26.3 Å². The highest BCUT2D eigenvalue weighted by molar-refractivity contribution is 5.95. The van der Waals surface area contributed by atoms with Crippen LogP contribution >= 0.6 is 0 Å². The molecule has 0 aliphatic carbocycles. The Bertz CT molecular complexity index is 1160. The molecule has 0 spiro atoms. The molecule has 0 radical (unpaired) electrons. The first-order valence-electron chi connectivity index (χ1n) is 13.0. The lowest BCUT2D eigenvalue weighted by Gasteiger charge is -2.47. The Balaban J connectivity index is 1.55. The maximum Gasteiger partial charge on any atom is 0.416 e. The number of amides is 2. The molecule has 0 saturated carbocycles. The predicted octanol–water partition coefficient (Wildman–Crippen LogP) is 4.43. The van der Waals surface area contributed by atoms with Gasteiger partial charge in [-0.1, -0.05) is 30.3 Å². The van der Waals surface area contributed by atoms with Gasteiger partial charge in [0.1, 0.15) is 0 Å². The summed E-state index contributed by atoms with van der Waals surface area (Å²) in [5.41, 5.74) is -2.71. The van der Waals surface area contributed by atoms with Crippen LogP contribution in [-0.4, -0.2) is 97.4 Å². The van der Waals surface area contributed by atoms with Crippen molar-refractivity contribution < 1.29 is 35.9 Å². The average molecular weight is 571 g/mol. The lowest BCUT2D eigenvalue weighted by molar-refractivity contribution is -0.143. The largest absolute Gasteiger partial charge is 0.416 e. The second-order valence-electron chi connectivity index (χ2n) is 10.5. The highest BCUT2D eigenvalue weighted by Crippen LogP contribution is 2.38. The van der Waals surface area contributed by atoms with Gasteiger partial charge >= 0.3 is 12.4 Å². The van der Waals surface area contributed by atoms with Crippen molar-refractivity contribution in [2.75, 3.05) is 59.9 Å². The third-order valence-corrected chi connectivity index (χ3v) is 7.66. The smallest absolute Gasteiger partial charge is 0.348 e. The fraction of sp³-hybridized carbons (Fsp3) is 0.500. The molecule has 0 aromatic heterocycles. The third kappa shape index (κ3) is 6.95. The number of carbonyl (C=O) groups excluding carboxylic acids is 2. The maximum absolute atomic E-state index is 13.4. The summed E-state index contributed by atoms with van der Waals surface area (Å²) < 4.78 is 80.4. The van der Waals surface area contributed by atoms with Crippen LogP contribution in [0.5, 0.6) is 0 Å². The molecule has 218 valence electrons. The quantitative estimate of drug-likeness (QED) is 0.500. The minimum Gasteiger partial charge on any atom is -0.348 e. The molecule has 4 rings (SSSR count). The zero-order valence-corrected chi connectivity index (χ0v) is 22.3. The van der Waals surface area contributed by atoms with Crippen LogP contribution < -0.4 is 0 Å². The summed E-state index contributed by atoms with van der Waals surface area (Å²) in [5, 5.41) is 0. The summed E-state index contributed by atoms with van der Waals surface area (Å²) in [4.78, 5) is 32.8. The minimum absolute atomic E-state index is 0.0189. The van der Waals surface area contributed by atoms with Gasteiger partial charge in [-0.25, -0.2) is 0 Å². The molecule has 2 aromatic rings. The Morgan fingerprint density at radius 2 is 1.43 bits per heavy atom. The van der Waals surface area contributed by atoms with Gasteiger partial charge < -0.3 is 9.80 Å². The fourth-order valence-electron chi connectivity index (χ4n) is 5.44. The number of nitrogens with zero attached hydrogens (tertiary/aromatic N) is 4. The van der Waals surface area contributed by atoms with Gasteiger partial charge in [-0.2, -0.15) is 26.3 Å². The summed E-state index contributed by atoms with van der Waals surface area (Å²) in [7, 11) is 3.42. The van der Waals surface area contributed by atoms with Crippen molar-refractivity contribution in [3.8, 4) is 0 Å². The summed E-state index contributed by atoms with van der Waals surface area (Å²) in [5.74, 6) is -1.03. The monoisotopic (exact) mass is 570 g/mol. The molecule has 2 aliphatic rings. The van der Waals surface area contributed by atoms with E-state index in [1.54, 1.807) is 19.0 Å². The van der Waals surface area contributed by atoms with Crippen LogP contribution in [0.2, 0.25) is 0 Å². The second-order valence-corrected chi connectivity index (χ2v) is 10.5. The number of piperidine rings is 1. The van der Waals surface area contributed by atoms with Crippen molar-refractivity contribution in [1.29, 1.82) is 0 Å². The van der Waals surface area contributed by atoms with E-state index in [0.29, 0.717) is 51.3 Å². The Kier molecular flexibility index (Phi) is 8.79. The molecule has 2 aliphatic heterocycles. The Morgan fingerprint density at radius 1 is 0.850 bits per heavy atom. The molecule has 6 nitrogen and oxygen atoms in total. The number of likely N-dealkylation sites (tertiary alicyclic amines) is 1. The van der Waals surface area contributed by atoms with E-state index in [9.17, 15) is 35.9 Å². The van der Waals surface area contributed by atoms with Gasteiger partial charge in [-0.15, -0.1) is 0 Å². The van der Waals surface area contributed by atoms with Crippen molar-refractivity contribution in [2.45, 2.75) is 30.7 Å². The molecule has 2 unspecified atom stereocenters. The van der Waals surface area contributed by atoms with Gasteiger partial charge in [-0.05, 0) is 30.2 Å². The first kappa shape index (κ1) is 29.9. The van der Waals surface area contributed by atoms with Gasteiger partial charge in [0, 0.05) is 70.9 Å². The van der Waals surface area contributed by atoms with Crippen LogP contribution in [-0.2, 0) is 17.1 Å². The third-order valence-electron chi connectivity index (χ3n) is 7.66. The van der Waals surface area contributed by atoms with Crippen molar-refractivity contribution in [3.63, 3.8) is 0 Å².